The van der Waals surface area contributed by atoms with Gasteiger partial charge in [0.05, 0.1) is 5.69 Å². The van der Waals surface area contributed by atoms with Crippen molar-refractivity contribution in [3.05, 3.63) is 18.0 Å². The van der Waals surface area contributed by atoms with Gasteiger partial charge in [0.15, 0.2) is 0 Å². The zero-order valence-electron chi connectivity index (χ0n) is 10.1. The third-order valence-corrected chi connectivity index (χ3v) is 3.48. The number of aliphatic hydroxyl groups excluding tert-OH is 1. The Morgan fingerprint density at radius 3 is 2.82 bits per heavy atom. The lowest BCUT2D eigenvalue weighted by molar-refractivity contribution is 0.0932. The van der Waals surface area contributed by atoms with Crippen LogP contribution in [0.15, 0.2) is 12.3 Å². The van der Waals surface area contributed by atoms with Crippen molar-refractivity contribution in [1.82, 2.24) is 9.88 Å². The first-order valence-electron chi connectivity index (χ1n) is 5.87. The van der Waals surface area contributed by atoms with E-state index in [1.54, 1.807) is 23.9 Å². The zero-order chi connectivity index (χ0) is 12.5. The Kier molecular flexibility index (Phi) is 3.11. The highest BCUT2D eigenvalue weighted by molar-refractivity contribution is 5.93. The van der Waals surface area contributed by atoms with E-state index in [1.807, 2.05) is 0 Å². The second-order valence-corrected chi connectivity index (χ2v) is 4.93. The SMILES string of the molecule is Cn1cc(N)cc1C(=O)NCC1(CCO)CC1. The minimum Gasteiger partial charge on any atom is -0.397 e. The fraction of sp³-hybridized carbons (Fsp3) is 0.583. The van der Waals surface area contributed by atoms with Crippen LogP contribution in [0, 0.1) is 5.41 Å². The van der Waals surface area contributed by atoms with Gasteiger partial charge in [0, 0.05) is 26.4 Å². The fourth-order valence-corrected chi connectivity index (χ4v) is 2.10. The average Bonchev–Trinajstić information content (AvgIpc) is 2.95. The molecular weight excluding hydrogens is 218 g/mol. The summed E-state index contributed by atoms with van der Waals surface area (Å²) < 4.78 is 1.72. The van der Waals surface area contributed by atoms with Gasteiger partial charge in [-0.05, 0) is 30.7 Å². The lowest BCUT2D eigenvalue weighted by Crippen LogP contribution is -2.31. The van der Waals surface area contributed by atoms with Crippen molar-refractivity contribution >= 4 is 11.6 Å². The van der Waals surface area contributed by atoms with Crippen molar-refractivity contribution in [1.29, 1.82) is 0 Å². The highest BCUT2D eigenvalue weighted by Crippen LogP contribution is 2.47. The van der Waals surface area contributed by atoms with E-state index in [9.17, 15) is 4.79 Å². The van der Waals surface area contributed by atoms with Gasteiger partial charge in [-0.3, -0.25) is 4.79 Å². The smallest absolute Gasteiger partial charge is 0.267 e. The highest BCUT2D eigenvalue weighted by Gasteiger charge is 2.41. The molecule has 1 aliphatic rings. The van der Waals surface area contributed by atoms with Crippen LogP contribution in [0.25, 0.3) is 0 Å². The first kappa shape index (κ1) is 12.0. The summed E-state index contributed by atoms with van der Waals surface area (Å²) in [5.74, 6) is -0.103. The van der Waals surface area contributed by atoms with Crippen LogP contribution in [-0.4, -0.2) is 28.7 Å². The van der Waals surface area contributed by atoms with Crippen LogP contribution >= 0.6 is 0 Å². The molecular formula is C12H19N3O2. The van der Waals surface area contributed by atoms with Gasteiger partial charge < -0.3 is 20.7 Å². The van der Waals surface area contributed by atoms with Crippen molar-refractivity contribution in [2.75, 3.05) is 18.9 Å². The molecule has 1 saturated carbocycles. The average molecular weight is 237 g/mol. The molecule has 1 aliphatic carbocycles. The quantitative estimate of drug-likeness (QED) is 0.697. The highest BCUT2D eigenvalue weighted by atomic mass is 16.3. The molecule has 5 nitrogen and oxygen atoms in total. The Bertz CT molecular complexity index is 421. The molecule has 0 radical (unpaired) electrons. The summed E-state index contributed by atoms with van der Waals surface area (Å²) in [5.41, 5.74) is 6.93. The van der Waals surface area contributed by atoms with Crippen LogP contribution in [0.4, 0.5) is 5.69 Å². The number of carbonyl (C=O) groups excluding carboxylic acids is 1. The molecule has 5 heteroatoms. The number of nitrogens with one attached hydrogen (secondary N) is 1. The topological polar surface area (TPSA) is 80.3 Å². The Morgan fingerprint density at radius 2 is 2.35 bits per heavy atom. The molecule has 0 unspecified atom stereocenters. The molecule has 1 fully saturated rings. The maximum absolute atomic E-state index is 11.9. The molecule has 4 N–H and O–H groups in total. The number of hydrogen-bond acceptors (Lipinski definition) is 3. The molecule has 0 aromatic carbocycles. The maximum atomic E-state index is 11.9. The van der Waals surface area contributed by atoms with Crippen molar-refractivity contribution in [2.24, 2.45) is 12.5 Å². The van der Waals surface area contributed by atoms with Crippen LogP contribution in [0.3, 0.4) is 0 Å². The van der Waals surface area contributed by atoms with E-state index < -0.39 is 0 Å². The molecule has 2 rings (SSSR count). The molecule has 0 atom stereocenters. The first-order chi connectivity index (χ1) is 8.06. The van der Waals surface area contributed by atoms with Gasteiger partial charge >= 0.3 is 0 Å². The minimum atomic E-state index is -0.103. The molecule has 1 aromatic heterocycles. The second kappa shape index (κ2) is 4.41. The molecule has 0 aliphatic heterocycles. The van der Waals surface area contributed by atoms with Crippen molar-refractivity contribution in [2.45, 2.75) is 19.3 Å². The fourth-order valence-electron chi connectivity index (χ4n) is 2.10. The Morgan fingerprint density at radius 1 is 1.65 bits per heavy atom. The molecule has 0 spiro atoms. The van der Waals surface area contributed by atoms with Gasteiger partial charge in [0.2, 0.25) is 0 Å². The molecule has 1 heterocycles. The molecule has 1 amide bonds. The summed E-state index contributed by atoms with van der Waals surface area (Å²) in [6, 6.07) is 1.67. The molecule has 0 bridgehead atoms. The summed E-state index contributed by atoms with van der Waals surface area (Å²) >= 11 is 0. The number of aryl methyl sites for hydroxylation is 1. The number of anilines is 1. The normalized spacial score (nSPS) is 16.8. The standard InChI is InChI=1S/C12H19N3O2/c1-15-7-9(13)6-10(15)11(17)14-8-12(2-3-12)4-5-16/h6-7,16H,2-5,8,13H2,1H3,(H,14,17). The van der Waals surface area contributed by atoms with Crippen molar-refractivity contribution in [3.8, 4) is 0 Å². The van der Waals surface area contributed by atoms with Gasteiger partial charge in [0.25, 0.3) is 5.91 Å². The number of hydrogen-bond donors (Lipinski definition) is 3. The van der Waals surface area contributed by atoms with E-state index in [1.165, 1.54) is 0 Å². The molecule has 94 valence electrons. The number of rotatable bonds is 5. The third kappa shape index (κ3) is 2.61. The number of aliphatic hydroxyl groups is 1. The minimum absolute atomic E-state index is 0.103. The zero-order valence-corrected chi connectivity index (χ0v) is 10.1. The van der Waals surface area contributed by atoms with Crippen LogP contribution in [0.2, 0.25) is 0 Å². The van der Waals surface area contributed by atoms with E-state index in [0.29, 0.717) is 17.9 Å². The van der Waals surface area contributed by atoms with Crippen LogP contribution in [-0.2, 0) is 7.05 Å². The van der Waals surface area contributed by atoms with E-state index >= 15 is 0 Å². The Hall–Kier alpha value is -1.49. The first-order valence-corrected chi connectivity index (χ1v) is 5.87. The van der Waals surface area contributed by atoms with Gasteiger partial charge in [-0.2, -0.15) is 0 Å². The lowest BCUT2D eigenvalue weighted by Gasteiger charge is -2.14. The lowest BCUT2D eigenvalue weighted by atomic mass is 10.0. The van der Waals surface area contributed by atoms with Crippen molar-refractivity contribution in [3.63, 3.8) is 0 Å². The van der Waals surface area contributed by atoms with E-state index in [-0.39, 0.29) is 17.9 Å². The summed E-state index contributed by atoms with van der Waals surface area (Å²) in [4.78, 5) is 11.9. The van der Waals surface area contributed by atoms with Gasteiger partial charge in [-0.15, -0.1) is 0 Å². The van der Waals surface area contributed by atoms with E-state index in [0.717, 1.165) is 19.3 Å². The predicted molar refractivity (Wildman–Crippen MR) is 65.5 cm³/mol. The maximum Gasteiger partial charge on any atom is 0.267 e. The number of amides is 1. The predicted octanol–water partition coefficient (Wildman–Crippen LogP) is 0.500. The van der Waals surface area contributed by atoms with Gasteiger partial charge in [-0.1, -0.05) is 0 Å². The van der Waals surface area contributed by atoms with Crippen LogP contribution in [0.5, 0.6) is 0 Å². The number of nitrogen functional groups attached to an aromatic ring is 1. The summed E-state index contributed by atoms with van der Waals surface area (Å²) in [6.45, 7) is 0.824. The number of nitrogens with zero attached hydrogens (tertiary/aromatic N) is 1. The van der Waals surface area contributed by atoms with E-state index in [2.05, 4.69) is 5.32 Å². The number of carbonyl (C=O) groups is 1. The summed E-state index contributed by atoms with van der Waals surface area (Å²) in [5, 5.41) is 11.9. The van der Waals surface area contributed by atoms with Gasteiger partial charge in [-0.25, -0.2) is 0 Å². The molecule has 1 aromatic rings. The largest absolute Gasteiger partial charge is 0.397 e. The van der Waals surface area contributed by atoms with Crippen molar-refractivity contribution < 1.29 is 9.90 Å². The monoisotopic (exact) mass is 237 g/mol. The summed E-state index contributed by atoms with van der Waals surface area (Å²) in [7, 11) is 1.80. The Labute approximate surface area is 101 Å². The summed E-state index contributed by atoms with van der Waals surface area (Å²) in [6.07, 6.45) is 4.66. The van der Waals surface area contributed by atoms with Crippen LogP contribution < -0.4 is 11.1 Å². The van der Waals surface area contributed by atoms with Gasteiger partial charge in [0.1, 0.15) is 5.69 Å². The molecule has 17 heavy (non-hydrogen) atoms. The number of nitrogens with two attached hydrogens (primary N) is 1. The third-order valence-electron chi connectivity index (χ3n) is 3.48. The molecule has 0 saturated heterocycles. The number of aromatic nitrogens is 1. The van der Waals surface area contributed by atoms with E-state index in [4.69, 9.17) is 10.8 Å². The second-order valence-electron chi connectivity index (χ2n) is 4.93. The van der Waals surface area contributed by atoms with Crippen LogP contribution in [0.1, 0.15) is 29.8 Å². The Balaban J connectivity index is 1.92.